The Morgan fingerprint density at radius 3 is 2.50 bits per heavy atom. The molecule has 2 fully saturated rings. The van der Waals surface area contributed by atoms with Crippen molar-refractivity contribution >= 4 is 5.95 Å². The molecule has 0 N–H and O–H groups in total. The standard InChI is InChI=1S/C18H22FN5/c19-16-11-21-17(22-12-16)24-8-4-18(5-9-24)3-7-23(14-18)13-15-2-1-6-20-10-15/h1-2,6,10-12H,3-5,7-9,13-14H2. The molecule has 0 bridgehead atoms. The number of halogens is 1. The molecule has 0 saturated carbocycles. The van der Waals surface area contributed by atoms with E-state index in [1.807, 2.05) is 18.5 Å². The highest BCUT2D eigenvalue weighted by Gasteiger charge is 2.40. The molecule has 0 unspecified atom stereocenters. The quantitative estimate of drug-likeness (QED) is 0.867. The van der Waals surface area contributed by atoms with Crippen LogP contribution in [0.4, 0.5) is 10.3 Å². The zero-order chi connectivity index (χ0) is 16.4. The summed E-state index contributed by atoms with van der Waals surface area (Å²) in [6.45, 7) is 5.20. The molecule has 2 aliphatic rings. The van der Waals surface area contributed by atoms with Crippen molar-refractivity contribution < 1.29 is 4.39 Å². The van der Waals surface area contributed by atoms with Crippen molar-refractivity contribution in [2.45, 2.75) is 25.8 Å². The first kappa shape index (κ1) is 15.4. The van der Waals surface area contributed by atoms with Crippen molar-refractivity contribution in [2.24, 2.45) is 5.41 Å². The number of rotatable bonds is 3. The third kappa shape index (κ3) is 3.24. The van der Waals surface area contributed by atoms with Gasteiger partial charge in [0.15, 0.2) is 5.82 Å². The molecule has 2 aromatic heterocycles. The molecule has 2 aliphatic heterocycles. The van der Waals surface area contributed by atoms with Gasteiger partial charge in [0.2, 0.25) is 5.95 Å². The van der Waals surface area contributed by atoms with Gasteiger partial charge in [0.25, 0.3) is 0 Å². The van der Waals surface area contributed by atoms with Crippen molar-refractivity contribution in [3.8, 4) is 0 Å². The Kier molecular flexibility index (Phi) is 4.14. The number of aromatic nitrogens is 3. The number of hydrogen-bond acceptors (Lipinski definition) is 5. The topological polar surface area (TPSA) is 45.2 Å². The van der Waals surface area contributed by atoms with E-state index in [2.05, 4.69) is 30.8 Å². The van der Waals surface area contributed by atoms with Crippen molar-refractivity contribution in [3.05, 3.63) is 48.3 Å². The Bertz CT molecular complexity index is 668. The predicted octanol–water partition coefficient (Wildman–Crippen LogP) is 2.50. The number of hydrogen-bond donors (Lipinski definition) is 0. The Labute approximate surface area is 141 Å². The van der Waals surface area contributed by atoms with E-state index >= 15 is 0 Å². The minimum Gasteiger partial charge on any atom is -0.341 e. The van der Waals surface area contributed by atoms with Crippen LogP contribution in [-0.4, -0.2) is 46.0 Å². The second-order valence-corrected chi connectivity index (χ2v) is 7.01. The lowest BCUT2D eigenvalue weighted by Crippen LogP contribution is -2.42. The summed E-state index contributed by atoms with van der Waals surface area (Å²) in [7, 11) is 0. The minimum atomic E-state index is -0.380. The summed E-state index contributed by atoms with van der Waals surface area (Å²) in [5, 5.41) is 0. The van der Waals surface area contributed by atoms with Crippen LogP contribution in [0.5, 0.6) is 0 Å². The molecule has 0 aliphatic carbocycles. The average molecular weight is 327 g/mol. The lowest BCUT2D eigenvalue weighted by Gasteiger charge is -2.39. The van der Waals surface area contributed by atoms with Crippen LogP contribution >= 0.6 is 0 Å². The Morgan fingerprint density at radius 1 is 1.04 bits per heavy atom. The van der Waals surface area contributed by atoms with Crippen molar-refractivity contribution in [2.75, 3.05) is 31.1 Å². The lowest BCUT2D eigenvalue weighted by molar-refractivity contribution is 0.205. The Morgan fingerprint density at radius 2 is 1.79 bits per heavy atom. The molecule has 2 saturated heterocycles. The van der Waals surface area contributed by atoms with Crippen LogP contribution < -0.4 is 4.90 Å². The lowest BCUT2D eigenvalue weighted by atomic mass is 9.78. The molecule has 126 valence electrons. The van der Waals surface area contributed by atoms with Crippen LogP contribution in [0, 0.1) is 11.2 Å². The number of anilines is 1. The fraction of sp³-hybridized carbons (Fsp3) is 0.500. The normalized spacial score (nSPS) is 20.6. The summed E-state index contributed by atoms with van der Waals surface area (Å²) < 4.78 is 13.0. The van der Waals surface area contributed by atoms with E-state index in [4.69, 9.17) is 0 Å². The molecule has 2 aromatic rings. The van der Waals surface area contributed by atoms with Gasteiger partial charge in [0.1, 0.15) is 0 Å². The van der Waals surface area contributed by atoms with Gasteiger partial charge in [-0.15, -0.1) is 0 Å². The fourth-order valence-electron chi connectivity index (χ4n) is 3.97. The number of piperidine rings is 1. The van der Waals surface area contributed by atoms with Gasteiger partial charge in [-0.3, -0.25) is 9.88 Å². The maximum Gasteiger partial charge on any atom is 0.225 e. The molecule has 6 heteroatoms. The van der Waals surface area contributed by atoms with Gasteiger partial charge in [0, 0.05) is 38.6 Å². The summed E-state index contributed by atoms with van der Waals surface area (Å²) in [5.41, 5.74) is 1.70. The van der Waals surface area contributed by atoms with Crippen LogP contribution in [0.15, 0.2) is 36.9 Å². The van der Waals surface area contributed by atoms with Crippen LogP contribution in [0.2, 0.25) is 0 Å². The highest BCUT2D eigenvalue weighted by atomic mass is 19.1. The third-order valence-corrected chi connectivity index (χ3v) is 5.36. The second kappa shape index (κ2) is 6.43. The summed E-state index contributed by atoms with van der Waals surface area (Å²) >= 11 is 0. The molecule has 24 heavy (non-hydrogen) atoms. The zero-order valence-electron chi connectivity index (χ0n) is 13.7. The fourth-order valence-corrected chi connectivity index (χ4v) is 3.97. The summed E-state index contributed by atoms with van der Waals surface area (Å²) in [4.78, 5) is 17.1. The first-order valence-electron chi connectivity index (χ1n) is 8.56. The van der Waals surface area contributed by atoms with Crippen LogP contribution in [0.3, 0.4) is 0 Å². The molecule has 4 rings (SSSR count). The first-order chi connectivity index (χ1) is 11.7. The maximum atomic E-state index is 13.0. The minimum absolute atomic E-state index is 0.380. The summed E-state index contributed by atoms with van der Waals surface area (Å²) in [6, 6.07) is 4.15. The van der Waals surface area contributed by atoms with E-state index in [-0.39, 0.29) is 5.82 Å². The summed E-state index contributed by atoms with van der Waals surface area (Å²) in [6.07, 6.45) is 9.83. The molecule has 0 radical (unpaired) electrons. The molecule has 4 heterocycles. The van der Waals surface area contributed by atoms with E-state index in [1.54, 1.807) is 0 Å². The molecule has 1 spiro atoms. The molecular weight excluding hydrogens is 305 g/mol. The van der Waals surface area contributed by atoms with Crippen LogP contribution in [0.1, 0.15) is 24.8 Å². The average Bonchev–Trinajstić information content (AvgIpc) is 3.00. The van der Waals surface area contributed by atoms with Gasteiger partial charge in [-0.2, -0.15) is 0 Å². The third-order valence-electron chi connectivity index (χ3n) is 5.36. The van der Waals surface area contributed by atoms with Gasteiger partial charge >= 0.3 is 0 Å². The molecule has 0 atom stereocenters. The molecular formula is C18H22FN5. The number of pyridine rings is 1. The van der Waals surface area contributed by atoms with E-state index in [0.29, 0.717) is 11.4 Å². The van der Waals surface area contributed by atoms with Crippen molar-refractivity contribution in [1.29, 1.82) is 0 Å². The zero-order valence-corrected chi connectivity index (χ0v) is 13.7. The van der Waals surface area contributed by atoms with E-state index in [9.17, 15) is 4.39 Å². The van der Waals surface area contributed by atoms with Crippen LogP contribution in [0.25, 0.3) is 0 Å². The van der Waals surface area contributed by atoms with Gasteiger partial charge in [-0.1, -0.05) is 6.07 Å². The first-order valence-corrected chi connectivity index (χ1v) is 8.56. The van der Waals surface area contributed by atoms with Crippen molar-refractivity contribution in [1.82, 2.24) is 19.9 Å². The van der Waals surface area contributed by atoms with Gasteiger partial charge in [-0.25, -0.2) is 14.4 Å². The predicted molar refractivity (Wildman–Crippen MR) is 90.0 cm³/mol. The molecule has 0 amide bonds. The van der Waals surface area contributed by atoms with Gasteiger partial charge in [-0.05, 0) is 42.9 Å². The number of likely N-dealkylation sites (tertiary alicyclic amines) is 1. The smallest absolute Gasteiger partial charge is 0.225 e. The molecule has 0 aromatic carbocycles. The largest absolute Gasteiger partial charge is 0.341 e. The van der Waals surface area contributed by atoms with E-state index in [0.717, 1.165) is 45.6 Å². The van der Waals surface area contributed by atoms with E-state index < -0.39 is 0 Å². The van der Waals surface area contributed by atoms with Crippen molar-refractivity contribution in [3.63, 3.8) is 0 Å². The van der Waals surface area contributed by atoms with Gasteiger partial charge < -0.3 is 4.90 Å². The monoisotopic (exact) mass is 327 g/mol. The second-order valence-electron chi connectivity index (χ2n) is 7.01. The van der Waals surface area contributed by atoms with Crippen LogP contribution in [-0.2, 0) is 6.54 Å². The Balaban J connectivity index is 1.34. The van der Waals surface area contributed by atoms with E-state index in [1.165, 1.54) is 24.4 Å². The molecule has 5 nitrogen and oxygen atoms in total. The maximum absolute atomic E-state index is 13.0. The van der Waals surface area contributed by atoms with Gasteiger partial charge in [0.05, 0.1) is 12.4 Å². The highest BCUT2D eigenvalue weighted by molar-refractivity contribution is 5.29. The highest BCUT2D eigenvalue weighted by Crippen LogP contribution is 2.41. The SMILES string of the molecule is Fc1cnc(N2CCC3(CCN(Cc4cccnc4)C3)CC2)nc1. The number of nitrogens with zero attached hydrogens (tertiary/aromatic N) is 5. The summed E-state index contributed by atoms with van der Waals surface area (Å²) in [5.74, 6) is 0.269. The Hall–Kier alpha value is -2.08.